The Kier molecular flexibility index (Phi) is 5.58. The number of thiazole rings is 1. The van der Waals surface area contributed by atoms with Gasteiger partial charge in [0.1, 0.15) is 0 Å². The van der Waals surface area contributed by atoms with E-state index in [2.05, 4.69) is 11.9 Å². The van der Waals surface area contributed by atoms with Gasteiger partial charge in [-0.1, -0.05) is 25.1 Å². The fourth-order valence-corrected chi connectivity index (χ4v) is 7.12. The van der Waals surface area contributed by atoms with E-state index in [4.69, 9.17) is 0 Å². The van der Waals surface area contributed by atoms with Gasteiger partial charge in [-0.2, -0.15) is 0 Å². The Bertz CT molecular complexity index is 1290. The normalized spacial score (nSPS) is 19.5. The molecule has 5 rings (SSSR count). The number of hydrogen-bond donors (Lipinski definition) is 1. The molecule has 1 saturated heterocycles. The Hall–Kier alpha value is -2.29. The van der Waals surface area contributed by atoms with Crippen LogP contribution in [0, 0.1) is 5.41 Å². The van der Waals surface area contributed by atoms with Gasteiger partial charge in [0.25, 0.3) is 5.91 Å². The van der Waals surface area contributed by atoms with E-state index >= 15 is 0 Å². The number of para-hydroxylation sites is 1. The van der Waals surface area contributed by atoms with Crippen molar-refractivity contribution >= 4 is 37.3 Å². The maximum atomic E-state index is 13.0. The number of hydrogen-bond acceptors (Lipinski definition) is 6. The number of nitrogens with zero attached hydrogens (tertiary/aromatic N) is 2. The van der Waals surface area contributed by atoms with Crippen molar-refractivity contribution in [3.8, 4) is 0 Å². The first-order chi connectivity index (χ1) is 15.7. The van der Waals surface area contributed by atoms with Crippen LogP contribution in [0.3, 0.4) is 0 Å². The van der Waals surface area contributed by atoms with Gasteiger partial charge in [-0.15, -0.1) is 11.3 Å². The zero-order chi connectivity index (χ0) is 23.3. The second-order valence-electron chi connectivity index (χ2n) is 9.92. The van der Waals surface area contributed by atoms with E-state index < -0.39 is 15.4 Å². The number of piperidine rings is 1. The molecule has 2 aliphatic rings. The van der Waals surface area contributed by atoms with Gasteiger partial charge in [0.2, 0.25) is 0 Å². The average Bonchev–Trinajstić information content (AvgIpc) is 3.30. The van der Waals surface area contributed by atoms with Crippen LogP contribution in [-0.4, -0.2) is 48.0 Å². The summed E-state index contributed by atoms with van der Waals surface area (Å²) in [5.74, 6) is -0.218. The van der Waals surface area contributed by atoms with Crippen LogP contribution < -0.4 is 0 Å². The summed E-state index contributed by atoms with van der Waals surface area (Å²) >= 11 is 1.41. The van der Waals surface area contributed by atoms with E-state index in [-0.39, 0.29) is 22.0 Å². The van der Waals surface area contributed by atoms with Crippen molar-refractivity contribution in [3.05, 3.63) is 59.1 Å². The molecule has 0 radical (unpaired) electrons. The Morgan fingerprint density at radius 1 is 1.09 bits per heavy atom. The molecule has 33 heavy (non-hydrogen) atoms. The molecule has 6 nitrogen and oxygen atoms in total. The van der Waals surface area contributed by atoms with Gasteiger partial charge in [-0.05, 0) is 67.3 Å². The van der Waals surface area contributed by atoms with E-state index in [1.54, 1.807) is 46.8 Å². The summed E-state index contributed by atoms with van der Waals surface area (Å²) in [5.41, 5.74) is 2.94. The molecule has 0 atom stereocenters. The predicted octanol–water partition coefficient (Wildman–Crippen LogP) is 4.43. The lowest BCUT2D eigenvalue weighted by atomic mass is 9.82. The Morgan fingerprint density at radius 3 is 2.45 bits per heavy atom. The van der Waals surface area contributed by atoms with Crippen molar-refractivity contribution in [2.24, 2.45) is 5.41 Å². The number of carbonyl (C=O) groups is 1. The maximum absolute atomic E-state index is 13.0. The van der Waals surface area contributed by atoms with E-state index in [1.807, 2.05) is 6.07 Å². The highest BCUT2D eigenvalue weighted by Gasteiger charge is 2.46. The van der Waals surface area contributed by atoms with Crippen LogP contribution in [0.2, 0.25) is 0 Å². The van der Waals surface area contributed by atoms with E-state index in [0.717, 1.165) is 11.1 Å². The number of amides is 1. The van der Waals surface area contributed by atoms with E-state index in [0.29, 0.717) is 42.6 Å². The number of fused-ring (bicyclic) bond motifs is 1. The van der Waals surface area contributed by atoms with Crippen LogP contribution in [0.1, 0.15) is 54.9 Å². The van der Waals surface area contributed by atoms with Crippen molar-refractivity contribution in [1.29, 1.82) is 0 Å². The Balaban J connectivity index is 1.24. The molecule has 1 N–H and O–H groups in total. The number of likely N-dealkylation sites (tertiary alicyclic amines) is 1. The number of aromatic nitrogens is 1. The highest BCUT2D eigenvalue weighted by Crippen LogP contribution is 2.52. The molecular weight excluding hydrogens is 456 g/mol. The fraction of sp³-hybridized carbons (Fsp3) is 0.440. The van der Waals surface area contributed by atoms with Gasteiger partial charge < -0.3 is 10.0 Å². The molecule has 2 fully saturated rings. The Morgan fingerprint density at radius 2 is 1.79 bits per heavy atom. The summed E-state index contributed by atoms with van der Waals surface area (Å²) in [6.45, 7) is 3.31. The first-order valence-electron chi connectivity index (χ1n) is 11.3. The zero-order valence-electron chi connectivity index (χ0n) is 18.7. The highest BCUT2D eigenvalue weighted by molar-refractivity contribution is 7.90. The highest BCUT2D eigenvalue weighted by atomic mass is 32.2. The molecule has 0 spiro atoms. The van der Waals surface area contributed by atoms with Gasteiger partial charge >= 0.3 is 0 Å². The molecule has 3 aromatic rings. The second kappa shape index (κ2) is 8.18. The third-order valence-corrected chi connectivity index (χ3v) is 9.56. The maximum Gasteiger partial charge on any atom is 0.253 e. The summed E-state index contributed by atoms with van der Waals surface area (Å²) < 4.78 is 26.9. The number of sulfone groups is 1. The number of rotatable bonds is 6. The van der Waals surface area contributed by atoms with Gasteiger partial charge in [0.05, 0.1) is 32.0 Å². The quantitative estimate of drug-likeness (QED) is 0.559. The molecule has 2 aromatic carbocycles. The topological polar surface area (TPSA) is 87.6 Å². The third-order valence-electron chi connectivity index (χ3n) is 7.06. The minimum Gasteiger partial charge on any atom is -0.390 e. The summed E-state index contributed by atoms with van der Waals surface area (Å²) in [6.07, 6.45) is 4.39. The monoisotopic (exact) mass is 484 g/mol. The molecule has 2 heterocycles. The lowest BCUT2D eigenvalue weighted by Gasteiger charge is -2.39. The van der Waals surface area contributed by atoms with Crippen LogP contribution >= 0.6 is 11.3 Å². The molecule has 1 aliphatic heterocycles. The average molecular weight is 485 g/mol. The summed E-state index contributed by atoms with van der Waals surface area (Å²) in [5, 5.41) is 10.9. The molecule has 1 saturated carbocycles. The minimum absolute atomic E-state index is 0.0728. The van der Waals surface area contributed by atoms with E-state index in [1.165, 1.54) is 24.2 Å². The third kappa shape index (κ3) is 4.69. The van der Waals surface area contributed by atoms with Crippen LogP contribution in [0.4, 0.5) is 0 Å². The van der Waals surface area contributed by atoms with Crippen molar-refractivity contribution in [1.82, 2.24) is 9.88 Å². The molecule has 0 bridgehead atoms. The van der Waals surface area contributed by atoms with E-state index in [9.17, 15) is 18.3 Å². The SMILES string of the molecule is CC1(CC2(O)CCN(C(=O)c3ccc(CS(=O)(=O)c4cccc5scnc45)cc3)CC2)CC1. The van der Waals surface area contributed by atoms with Gasteiger partial charge in [-0.3, -0.25) is 4.79 Å². The number of aliphatic hydroxyl groups is 1. The lowest BCUT2D eigenvalue weighted by molar-refractivity contribution is -0.0355. The first-order valence-corrected chi connectivity index (χ1v) is 13.9. The number of benzene rings is 2. The summed E-state index contributed by atoms with van der Waals surface area (Å²) in [4.78, 5) is 19.2. The first kappa shape index (κ1) is 22.5. The molecule has 1 aromatic heterocycles. The summed E-state index contributed by atoms with van der Waals surface area (Å²) in [6, 6.07) is 12.0. The zero-order valence-corrected chi connectivity index (χ0v) is 20.3. The van der Waals surface area contributed by atoms with Crippen LogP contribution in [0.25, 0.3) is 10.2 Å². The van der Waals surface area contributed by atoms with Crippen LogP contribution in [-0.2, 0) is 15.6 Å². The van der Waals surface area contributed by atoms with Gasteiger partial charge in [0.15, 0.2) is 9.84 Å². The molecule has 174 valence electrons. The molecular formula is C25H28N2O4S2. The second-order valence-corrected chi connectivity index (χ2v) is 12.8. The predicted molar refractivity (Wildman–Crippen MR) is 129 cm³/mol. The van der Waals surface area contributed by atoms with Gasteiger partial charge in [-0.25, -0.2) is 13.4 Å². The van der Waals surface area contributed by atoms with Crippen molar-refractivity contribution < 1.29 is 18.3 Å². The van der Waals surface area contributed by atoms with Crippen molar-refractivity contribution in [3.63, 3.8) is 0 Å². The van der Waals surface area contributed by atoms with Crippen molar-refractivity contribution in [2.75, 3.05) is 13.1 Å². The standard InChI is InChI=1S/C25H28N2O4S2/c1-24(9-10-24)16-25(29)11-13-27(14-12-25)23(28)19-7-5-18(6-8-19)15-33(30,31)21-4-2-3-20-22(21)26-17-32-20/h2-8,17,29H,9-16H2,1H3. The summed E-state index contributed by atoms with van der Waals surface area (Å²) in [7, 11) is -3.57. The van der Waals surface area contributed by atoms with Gasteiger partial charge in [0, 0.05) is 18.7 Å². The fourth-order valence-electron chi connectivity index (χ4n) is 4.82. The molecule has 1 aliphatic carbocycles. The largest absolute Gasteiger partial charge is 0.390 e. The van der Waals surface area contributed by atoms with Crippen LogP contribution in [0.5, 0.6) is 0 Å². The van der Waals surface area contributed by atoms with Crippen LogP contribution in [0.15, 0.2) is 52.9 Å². The smallest absolute Gasteiger partial charge is 0.253 e. The van der Waals surface area contributed by atoms with Crippen molar-refractivity contribution in [2.45, 2.75) is 55.3 Å². The molecule has 1 amide bonds. The number of carbonyl (C=O) groups excluding carboxylic acids is 1. The molecule has 0 unspecified atom stereocenters. The Labute approximate surface area is 198 Å². The lowest BCUT2D eigenvalue weighted by Crippen LogP contribution is -2.47. The minimum atomic E-state index is -3.57. The molecule has 8 heteroatoms.